The molecular formula is C32H55NO4. The number of likely N-dealkylation sites (N-methyl/N-ethyl adjacent to an activating group) is 1. The zero-order valence-corrected chi connectivity index (χ0v) is 24.9. The summed E-state index contributed by atoms with van der Waals surface area (Å²) in [6.45, 7) is 12.6. The third kappa shape index (κ3) is 6.24. The highest BCUT2D eigenvalue weighted by molar-refractivity contribution is 5.60. The van der Waals surface area contributed by atoms with Crippen LogP contribution in [0.1, 0.15) is 105 Å². The van der Waals surface area contributed by atoms with E-state index in [-0.39, 0.29) is 11.5 Å². The summed E-state index contributed by atoms with van der Waals surface area (Å²) in [5.41, 5.74) is 1.73. The first-order valence-electron chi connectivity index (χ1n) is 15.2. The van der Waals surface area contributed by atoms with Crippen molar-refractivity contribution in [3.05, 3.63) is 11.6 Å². The van der Waals surface area contributed by atoms with Gasteiger partial charge in [-0.1, -0.05) is 45.3 Å². The molecule has 8 atom stereocenters. The molecule has 4 aliphatic carbocycles. The summed E-state index contributed by atoms with van der Waals surface area (Å²) in [5, 5.41) is 10.2. The molecule has 4 aliphatic rings. The van der Waals surface area contributed by atoms with Gasteiger partial charge in [-0.2, -0.15) is 0 Å². The Morgan fingerprint density at radius 2 is 1.92 bits per heavy atom. The third-order valence-electron chi connectivity index (χ3n) is 11.3. The first kappa shape index (κ1) is 28.9. The van der Waals surface area contributed by atoms with Crippen LogP contribution < -0.4 is 0 Å². The van der Waals surface area contributed by atoms with Gasteiger partial charge in [-0.3, -0.25) is 0 Å². The monoisotopic (exact) mass is 517 g/mol. The summed E-state index contributed by atoms with van der Waals surface area (Å²) in [7, 11) is 3.94. The molecule has 0 aromatic heterocycles. The number of carbonyl (C=O) groups is 1. The lowest BCUT2D eigenvalue weighted by Crippen LogP contribution is -2.51. The minimum atomic E-state index is -0.544. The highest BCUT2D eigenvalue weighted by Gasteiger charge is 2.59. The third-order valence-corrected chi connectivity index (χ3v) is 11.3. The molecular weight excluding hydrogens is 462 g/mol. The highest BCUT2D eigenvalue weighted by Crippen LogP contribution is 2.67. The fourth-order valence-corrected chi connectivity index (χ4v) is 9.24. The molecule has 0 spiro atoms. The number of aliphatic hydroxyl groups is 1. The van der Waals surface area contributed by atoms with Crippen molar-refractivity contribution in [2.75, 3.05) is 27.2 Å². The first-order valence-corrected chi connectivity index (χ1v) is 15.2. The Bertz CT molecular complexity index is 831. The van der Waals surface area contributed by atoms with E-state index in [1.807, 2.05) is 32.8 Å². The maximum absolute atomic E-state index is 12.2. The Hall–Kier alpha value is -1.07. The lowest BCUT2D eigenvalue weighted by molar-refractivity contribution is -0.0620. The van der Waals surface area contributed by atoms with Crippen LogP contribution in [-0.2, 0) is 9.47 Å². The molecule has 1 N–H and O–H groups in total. The van der Waals surface area contributed by atoms with Crippen molar-refractivity contribution in [3.63, 3.8) is 0 Å². The fraction of sp³-hybridized carbons (Fsp3) is 0.906. The molecule has 1 unspecified atom stereocenters. The van der Waals surface area contributed by atoms with Gasteiger partial charge in [0, 0.05) is 13.0 Å². The largest absolute Gasteiger partial charge is 0.508 e. The first-order chi connectivity index (χ1) is 17.3. The molecule has 0 bridgehead atoms. The Labute approximate surface area is 226 Å². The summed E-state index contributed by atoms with van der Waals surface area (Å²) in [6.07, 6.45) is 14.9. The summed E-state index contributed by atoms with van der Waals surface area (Å²) >= 11 is 0. The number of fused-ring (bicyclic) bond motifs is 5. The van der Waals surface area contributed by atoms with Crippen LogP contribution in [0.4, 0.5) is 4.79 Å². The minimum absolute atomic E-state index is 0.0443. The van der Waals surface area contributed by atoms with Gasteiger partial charge in [0.05, 0.1) is 5.60 Å². The molecule has 5 nitrogen and oxygen atoms in total. The molecule has 212 valence electrons. The molecule has 3 fully saturated rings. The molecule has 0 radical (unpaired) electrons. The Morgan fingerprint density at radius 3 is 2.62 bits per heavy atom. The number of hydrogen-bond acceptors (Lipinski definition) is 5. The van der Waals surface area contributed by atoms with Gasteiger partial charge in [-0.15, -0.1) is 0 Å². The molecule has 37 heavy (non-hydrogen) atoms. The van der Waals surface area contributed by atoms with E-state index < -0.39 is 11.8 Å². The maximum Gasteiger partial charge on any atom is 0.508 e. The average molecular weight is 518 g/mol. The Kier molecular flexibility index (Phi) is 8.75. The van der Waals surface area contributed by atoms with Crippen molar-refractivity contribution >= 4 is 6.16 Å². The maximum atomic E-state index is 12.2. The summed E-state index contributed by atoms with van der Waals surface area (Å²) in [5.74, 6) is 3.96. The van der Waals surface area contributed by atoms with E-state index in [9.17, 15) is 9.90 Å². The lowest BCUT2D eigenvalue weighted by atomic mass is 9.47. The van der Waals surface area contributed by atoms with Crippen LogP contribution in [-0.4, -0.2) is 55.1 Å². The molecule has 0 aliphatic heterocycles. The zero-order valence-electron chi connectivity index (χ0n) is 24.9. The van der Waals surface area contributed by atoms with Crippen LogP contribution in [0.5, 0.6) is 0 Å². The van der Waals surface area contributed by atoms with Gasteiger partial charge < -0.3 is 19.5 Å². The molecule has 0 heterocycles. The number of carbonyl (C=O) groups excluding carboxylic acids is 1. The summed E-state index contributed by atoms with van der Waals surface area (Å²) in [4.78, 5) is 14.2. The fourth-order valence-electron chi connectivity index (χ4n) is 9.24. The van der Waals surface area contributed by atoms with E-state index in [2.05, 4.69) is 26.8 Å². The SMILES string of the molecule is C[C@H](CCCC(C)(C)O)[C@H]1CC[C@H]2C3CC=C4C[C@@H](OC(=O)OCCN(C)C)CC[C@]4(C)[C@H]3CC[C@]12C. The van der Waals surface area contributed by atoms with Gasteiger partial charge in [-0.25, -0.2) is 4.79 Å². The van der Waals surface area contributed by atoms with E-state index in [0.717, 1.165) is 61.7 Å². The smallest absolute Gasteiger partial charge is 0.433 e. The van der Waals surface area contributed by atoms with Gasteiger partial charge in [0.25, 0.3) is 0 Å². The molecule has 0 saturated heterocycles. The Balaban J connectivity index is 1.37. The second-order valence-electron chi connectivity index (χ2n) is 14.6. The molecule has 4 rings (SSSR count). The van der Waals surface area contributed by atoms with Crippen LogP contribution in [0, 0.1) is 40.4 Å². The van der Waals surface area contributed by atoms with Crippen LogP contribution >= 0.6 is 0 Å². The number of allylic oxidation sites excluding steroid dienone is 1. The van der Waals surface area contributed by atoms with Crippen LogP contribution in [0.25, 0.3) is 0 Å². The van der Waals surface area contributed by atoms with Gasteiger partial charge in [0.15, 0.2) is 0 Å². The second-order valence-corrected chi connectivity index (χ2v) is 14.6. The lowest BCUT2D eigenvalue weighted by Gasteiger charge is -2.58. The standard InChI is InChI=1S/C32H55NO4/c1-22(9-8-16-30(2,3)35)26-12-13-27-25-11-10-23-21-24(37-29(34)36-20-19-33(6)7)14-17-31(23,4)28(25)15-18-32(26,27)5/h10,22,24-28,35H,8-9,11-21H2,1-7H3/t22-,24+,25?,26-,27+,28+,31+,32-/m1/s1. The van der Waals surface area contributed by atoms with Crippen molar-refractivity contribution in [3.8, 4) is 0 Å². The topological polar surface area (TPSA) is 59.0 Å². The van der Waals surface area contributed by atoms with E-state index in [1.54, 1.807) is 5.57 Å². The quantitative estimate of drug-likeness (QED) is 0.258. The van der Waals surface area contributed by atoms with Crippen LogP contribution in [0.15, 0.2) is 11.6 Å². The normalized spacial score (nSPS) is 38.3. The van der Waals surface area contributed by atoms with Gasteiger partial charge in [0.1, 0.15) is 12.7 Å². The predicted molar refractivity (Wildman–Crippen MR) is 149 cm³/mol. The van der Waals surface area contributed by atoms with E-state index >= 15 is 0 Å². The highest BCUT2D eigenvalue weighted by atomic mass is 16.7. The van der Waals surface area contributed by atoms with E-state index in [4.69, 9.17) is 9.47 Å². The number of ether oxygens (including phenoxy) is 2. The second kappa shape index (κ2) is 11.2. The summed E-state index contributed by atoms with van der Waals surface area (Å²) in [6, 6.07) is 0. The minimum Gasteiger partial charge on any atom is -0.433 e. The van der Waals surface area contributed by atoms with E-state index in [0.29, 0.717) is 18.6 Å². The van der Waals surface area contributed by atoms with E-state index in [1.165, 1.54) is 38.5 Å². The van der Waals surface area contributed by atoms with Gasteiger partial charge in [0.2, 0.25) is 0 Å². The molecule has 3 saturated carbocycles. The molecule has 5 heteroatoms. The van der Waals surface area contributed by atoms with Gasteiger partial charge >= 0.3 is 6.16 Å². The zero-order chi connectivity index (χ0) is 27.0. The van der Waals surface area contributed by atoms with Crippen molar-refractivity contribution in [2.24, 2.45) is 40.4 Å². The average Bonchev–Trinajstić information content (AvgIpc) is 3.15. The summed E-state index contributed by atoms with van der Waals surface area (Å²) < 4.78 is 11.0. The Morgan fingerprint density at radius 1 is 1.16 bits per heavy atom. The van der Waals surface area contributed by atoms with Gasteiger partial charge in [-0.05, 0) is 120 Å². The van der Waals surface area contributed by atoms with Crippen molar-refractivity contribution in [1.82, 2.24) is 4.90 Å². The number of rotatable bonds is 9. The molecule has 0 amide bonds. The van der Waals surface area contributed by atoms with Crippen molar-refractivity contribution in [1.29, 1.82) is 0 Å². The molecule has 0 aromatic rings. The predicted octanol–water partition coefficient (Wildman–Crippen LogP) is 7.23. The molecule has 0 aromatic carbocycles. The number of nitrogens with zero attached hydrogens (tertiary/aromatic N) is 1. The van der Waals surface area contributed by atoms with Crippen LogP contribution in [0.3, 0.4) is 0 Å². The number of hydrogen-bond donors (Lipinski definition) is 1. The van der Waals surface area contributed by atoms with Crippen LogP contribution in [0.2, 0.25) is 0 Å². The van der Waals surface area contributed by atoms with Crippen molar-refractivity contribution < 1.29 is 19.4 Å². The van der Waals surface area contributed by atoms with Crippen molar-refractivity contribution in [2.45, 2.75) is 117 Å².